The normalized spacial score (nSPS) is 16.5. The van der Waals surface area contributed by atoms with E-state index in [1.165, 1.54) is 0 Å². The summed E-state index contributed by atoms with van der Waals surface area (Å²) >= 11 is 0. The summed E-state index contributed by atoms with van der Waals surface area (Å²) in [6.07, 6.45) is 0.473. The van der Waals surface area contributed by atoms with Gasteiger partial charge in [0.2, 0.25) is 5.91 Å². The number of hydrogen-bond acceptors (Lipinski definition) is 4. The van der Waals surface area contributed by atoms with Crippen LogP contribution in [-0.4, -0.2) is 58.9 Å². The fourth-order valence-corrected chi connectivity index (χ4v) is 2.61. The van der Waals surface area contributed by atoms with Crippen molar-refractivity contribution in [3.05, 3.63) is 29.8 Å². The van der Waals surface area contributed by atoms with E-state index in [1.807, 2.05) is 18.2 Å². The number of hydrogen-bond donors (Lipinski definition) is 3. The first-order chi connectivity index (χ1) is 11.7. The van der Waals surface area contributed by atoms with Crippen LogP contribution in [-0.2, 0) is 14.3 Å². The van der Waals surface area contributed by atoms with E-state index >= 15 is 0 Å². The highest BCUT2D eigenvalue weighted by Crippen LogP contribution is 2.31. The van der Waals surface area contributed by atoms with Crippen molar-refractivity contribution in [1.29, 1.82) is 0 Å². The molecule has 1 atom stereocenters. The Morgan fingerprint density at radius 1 is 1.28 bits per heavy atom. The van der Waals surface area contributed by atoms with Crippen LogP contribution in [0.1, 0.15) is 17.9 Å². The summed E-state index contributed by atoms with van der Waals surface area (Å²) in [7, 11) is 3.37. The number of para-hydroxylation sites is 1. The van der Waals surface area contributed by atoms with Crippen LogP contribution in [0.25, 0.3) is 0 Å². The third-order valence-electron chi connectivity index (χ3n) is 3.82. The standard InChI is InChI=1S/C17H26N4O3.HI/c1-18-17(19-7-8-24-10-9-23-2)20-12-13-11-16(22)21-15-6-4-3-5-14(13)15;/h3-6,13H,7-12H2,1-2H3,(H,21,22)(H2,18,19,20);1H. The van der Waals surface area contributed by atoms with Crippen LogP contribution in [0.15, 0.2) is 29.3 Å². The van der Waals surface area contributed by atoms with Gasteiger partial charge in [0.15, 0.2) is 5.96 Å². The maximum absolute atomic E-state index is 11.8. The van der Waals surface area contributed by atoms with Gasteiger partial charge in [0.25, 0.3) is 0 Å². The Labute approximate surface area is 166 Å². The molecule has 3 N–H and O–H groups in total. The smallest absolute Gasteiger partial charge is 0.225 e. The van der Waals surface area contributed by atoms with Crippen LogP contribution in [0.2, 0.25) is 0 Å². The number of anilines is 1. The van der Waals surface area contributed by atoms with Gasteiger partial charge >= 0.3 is 0 Å². The quantitative estimate of drug-likeness (QED) is 0.237. The number of methoxy groups -OCH3 is 1. The van der Waals surface area contributed by atoms with Crippen molar-refractivity contribution in [3.8, 4) is 0 Å². The number of amides is 1. The van der Waals surface area contributed by atoms with Crippen LogP contribution < -0.4 is 16.0 Å². The molecule has 1 amide bonds. The summed E-state index contributed by atoms with van der Waals surface area (Å²) in [6.45, 7) is 3.06. The van der Waals surface area contributed by atoms with Crippen LogP contribution in [0, 0.1) is 0 Å². The molecular formula is C17H27IN4O3. The number of ether oxygens (including phenoxy) is 2. The second-order valence-corrected chi connectivity index (χ2v) is 5.52. The van der Waals surface area contributed by atoms with Crippen molar-refractivity contribution in [2.75, 3.05) is 52.4 Å². The predicted molar refractivity (Wildman–Crippen MR) is 110 cm³/mol. The first-order valence-electron chi connectivity index (χ1n) is 8.14. The molecule has 1 aromatic rings. The molecule has 0 radical (unpaired) electrons. The van der Waals surface area contributed by atoms with Gasteiger partial charge in [-0.15, -0.1) is 24.0 Å². The number of benzene rings is 1. The van der Waals surface area contributed by atoms with Gasteiger partial charge in [0, 0.05) is 45.3 Å². The highest BCUT2D eigenvalue weighted by Gasteiger charge is 2.24. The van der Waals surface area contributed by atoms with E-state index in [4.69, 9.17) is 9.47 Å². The maximum atomic E-state index is 11.8. The number of rotatable bonds is 8. The maximum Gasteiger partial charge on any atom is 0.225 e. The van der Waals surface area contributed by atoms with Crippen molar-refractivity contribution in [2.24, 2.45) is 4.99 Å². The van der Waals surface area contributed by atoms with Crippen LogP contribution >= 0.6 is 24.0 Å². The average Bonchev–Trinajstić information content (AvgIpc) is 2.60. The molecule has 25 heavy (non-hydrogen) atoms. The van der Waals surface area contributed by atoms with Crippen molar-refractivity contribution < 1.29 is 14.3 Å². The van der Waals surface area contributed by atoms with E-state index in [0.29, 0.717) is 45.3 Å². The lowest BCUT2D eigenvalue weighted by atomic mass is 9.90. The molecule has 1 aliphatic heterocycles. The lowest BCUT2D eigenvalue weighted by molar-refractivity contribution is -0.116. The van der Waals surface area contributed by atoms with Gasteiger partial charge in [-0.25, -0.2) is 0 Å². The highest BCUT2D eigenvalue weighted by molar-refractivity contribution is 14.0. The van der Waals surface area contributed by atoms with Gasteiger partial charge in [-0.3, -0.25) is 9.79 Å². The van der Waals surface area contributed by atoms with Crippen LogP contribution in [0.3, 0.4) is 0 Å². The predicted octanol–water partition coefficient (Wildman–Crippen LogP) is 1.56. The summed E-state index contributed by atoms with van der Waals surface area (Å²) in [4.78, 5) is 16.0. The van der Waals surface area contributed by atoms with E-state index in [1.54, 1.807) is 14.2 Å². The van der Waals surface area contributed by atoms with Crippen LogP contribution in [0.5, 0.6) is 0 Å². The fraction of sp³-hybridized carbons (Fsp3) is 0.529. The molecule has 1 aromatic carbocycles. The summed E-state index contributed by atoms with van der Waals surface area (Å²) in [5, 5.41) is 9.39. The summed E-state index contributed by atoms with van der Waals surface area (Å²) < 4.78 is 10.3. The molecule has 0 saturated heterocycles. The first kappa shape index (κ1) is 21.7. The molecule has 0 saturated carbocycles. The molecule has 1 aliphatic rings. The van der Waals surface area contributed by atoms with Crippen molar-refractivity contribution in [1.82, 2.24) is 10.6 Å². The number of fused-ring (bicyclic) bond motifs is 1. The molecule has 140 valence electrons. The van der Waals surface area contributed by atoms with Crippen molar-refractivity contribution in [2.45, 2.75) is 12.3 Å². The number of carbonyl (C=O) groups is 1. The Morgan fingerprint density at radius 2 is 2.08 bits per heavy atom. The van der Waals surface area contributed by atoms with Crippen molar-refractivity contribution >= 4 is 41.5 Å². The highest BCUT2D eigenvalue weighted by atomic mass is 127. The van der Waals surface area contributed by atoms with E-state index < -0.39 is 0 Å². The Hall–Kier alpha value is -1.39. The van der Waals surface area contributed by atoms with Gasteiger partial charge in [-0.2, -0.15) is 0 Å². The molecule has 7 nitrogen and oxygen atoms in total. The van der Waals surface area contributed by atoms with Gasteiger partial charge in [0.05, 0.1) is 19.8 Å². The summed E-state index contributed by atoms with van der Waals surface area (Å²) in [5.74, 6) is 0.884. The molecule has 8 heteroatoms. The van der Waals surface area contributed by atoms with Gasteiger partial charge in [-0.1, -0.05) is 18.2 Å². The monoisotopic (exact) mass is 462 g/mol. The molecule has 0 aromatic heterocycles. The van der Waals surface area contributed by atoms with Gasteiger partial charge < -0.3 is 25.4 Å². The van der Waals surface area contributed by atoms with E-state index in [-0.39, 0.29) is 35.8 Å². The largest absolute Gasteiger partial charge is 0.382 e. The molecular weight excluding hydrogens is 435 g/mol. The lowest BCUT2D eigenvalue weighted by Gasteiger charge is -2.26. The summed E-state index contributed by atoms with van der Waals surface area (Å²) in [5.41, 5.74) is 2.05. The van der Waals surface area contributed by atoms with Crippen LogP contribution in [0.4, 0.5) is 5.69 Å². The number of halogens is 1. The van der Waals surface area contributed by atoms with Crippen molar-refractivity contribution in [3.63, 3.8) is 0 Å². The molecule has 1 unspecified atom stereocenters. The number of guanidine groups is 1. The zero-order valence-corrected chi connectivity index (χ0v) is 17.0. The lowest BCUT2D eigenvalue weighted by Crippen LogP contribution is -2.41. The molecule has 0 fully saturated rings. The number of aliphatic imine (C=N–C) groups is 1. The molecule has 0 aliphatic carbocycles. The second-order valence-electron chi connectivity index (χ2n) is 5.52. The number of carbonyl (C=O) groups excluding carboxylic acids is 1. The van der Waals surface area contributed by atoms with Gasteiger partial charge in [-0.05, 0) is 11.6 Å². The average molecular weight is 462 g/mol. The second kappa shape index (κ2) is 12.0. The van der Waals surface area contributed by atoms with E-state index in [0.717, 1.165) is 11.3 Å². The first-order valence-corrected chi connectivity index (χ1v) is 8.14. The fourth-order valence-electron chi connectivity index (χ4n) is 2.61. The third kappa shape index (κ3) is 7.17. The minimum atomic E-state index is 0. The Balaban J connectivity index is 0.00000312. The zero-order valence-electron chi connectivity index (χ0n) is 14.7. The number of nitrogens with zero attached hydrogens (tertiary/aromatic N) is 1. The van der Waals surface area contributed by atoms with Gasteiger partial charge in [0.1, 0.15) is 0 Å². The Kier molecular flexibility index (Phi) is 10.4. The third-order valence-corrected chi connectivity index (χ3v) is 3.82. The summed E-state index contributed by atoms with van der Waals surface area (Å²) in [6, 6.07) is 7.91. The minimum Gasteiger partial charge on any atom is -0.382 e. The Morgan fingerprint density at radius 3 is 2.84 bits per heavy atom. The van der Waals surface area contributed by atoms with E-state index in [9.17, 15) is 4.79 Å². The molecule has 0 spiro atoms. The Bertz CT molecular complexity index is 569. The molecule has 2 rings (SSSR count). The SMILES string of the molecule is CN=C(NCCOCCOC)NCC1CC(=O)Nc2ccccc21.I. The molecule has 1 heterocycles. The number of nitrogens with one attached hydrogen (secondary N) is 3. The topological polar surface area (TPSA) is 84.0 Å². The minimum absolute atomic E-state index is 0. The van der Waals surface area contributed by atoms with E-state index in [2.05, 4.69) is 27.0 Å². The molecule has 0 bridgehead atoms. The zero-order chi connectivity index (χ0) is 17.2.